The molecule has 3 rings (SSSR count). The molecular formula is C15H20N3O2. The molecule has 107 valence electrons. The number of rotatable bonds is 3. The van der Waals surface area contributed by atoms with Gasteiger partial charge in [0.1, 0.15) is 5.82 Å². The minimum Gasteiger partial charge on any atom is -0.364 e. The van der Waals surface area contributed by atoms with E-state index >= 15 is 0 Å². The number of hydrogen-bond donors (Lipinski definition) is 0. The van der Waals surface area contributed by atoms with Crippen LogP contribution in [0, 0.1) is 6.07 Å². The Morgan fingerprint density at radius 2 is 2.25 bits per heavy atom. The number of nitrogens with zero attached hydrogens (tertiary/aromatic N) is 3. The summed E-state index contributed by atoms with van der Waals surface area (Å²) in [5.74, 6) is 1.01. The molecule has 1 radical (unpaired) electrons. The highest BCUT2D eigenvalue weighted by molar-refractivity contribution is 5.86. The molecule has 2 saturated heterocycles. The lowest BCUT2D eigenvalue weighted by Gasteiger charge is -2.28. The first-order valence-electron chi connectivity index (χ1n) is 7.32. The molecule has 5 heteroatoms. The van der Waals surface area contributed by atoms with E-state index in [0.717, 1.165) is 56.9 Å². The Kier molecular flexibility index (Phi) is 4.48. The Morgan fingerprint density at radius 1 is 1.35 bits per heavy atom. The average Bonchev–Trinajstić information content (AvgIpc) is 2.55. The summed E-state index contributed by atoms with van der Waals surface area (Å²) in [6.45, 7) is 2.66. The maximum atomic E-state index is 5.51. The van der Waals surface area contributed by atoms with Gasteiger partial charge in [-0.25, -0.2) is 4.98 Å². The average molecular weight is 274 g/mol. The van der Waals surface area contributed by atoms with E-state index < -0.39 is 0 Å². The van der Waals surface area contributed by atoms with E-state index in [-0.39, 0.29) is 6.29 Å². The quantitative estimate of drug-likeness (QED) is 0.794. The number of oxime groups is 1. The highest BCUT2D eigenvalue weighted by atomic mass is 16.8. The molecule has 20 heavy (non-hydrogen) atoms. The van der Waals surface area contributed by atoms with Gasteiger partial charge in [-0.15, -0.1) is 0 Å². The summed E-state index contributed by atoms with van der Waals surface area (Å²) in [6, 6.07) is 6.83. The number of hydrogen-bond acceptors (Lipinski definition) is 5. The molecule has 5 nitrogen and oxygen atoms in total. The van der Waals surface area contributed by atoms with Crippen molar-refractivity contribution in [1.29, 1.82) is 0 Å². The zero-order valence-electron chi connectivity index (χ0n) is 11.6. The van der Waals surface area contributed by atoms with Crippen molar-refractivity contribution in [3.8, 4) is 0 Å². The van der Waals surface area contributed by atoms with Crippen molar-refractivity contribution in [3.05, 3.63) is 24.4 Å². The van der Waals surface area contributed by atoms with E-state index in [2.05, 4.69) is 21.1 Å². The van der Waals surface area contributed by atoms with Crippen molar-refractivity contribution in [2.24, 2.45) is 5.16 Å². The maximum Gasteiger partial charge on any atom is 0.226 e. The Labute approximate surface area is 119 Å². The fraction of sp³-hybridized carbons (Fsp3) is 0.600. The standard InChI is InChI=1S/C15H20N3O2/c1-3-9-16-14(5-1)18-10-7-13(8-11-18)17-20-15-6-2-4-12-19-15/h1,5,9,15H,2,4,6-8,10-12H2. The lowest BCUT2D eigenvalue weighted by atomic mass is 10.1. The molecule has 0 aliphatic carbocycles. The van der Waals surface area contributed by atoms with Crippen molar-refractivity contribution >= 4 is 11.5 Å². The van der Waals surface area contributed by atoms with Gasteiger partial charge in [-0.3, -0.25) is 0 Å². The lowest BCUT2D eigenvalue weighted by molar-refractivity contribution is -0.162. The molecule has 3 heterocycles. The molecule has 1 aromatic rings. The second-order valence-corrected chi connectivity index (χ2v) is 5.16. The SMILES string of the molecule is [c]1ccc(N2CCC(=NOC3CCCCO3)CC2)nc1. The smallest absolute Gasteiger partial charge is 0.226 e. The Balaban J connectivity index is 1.48. The van der Waals surface area contributed by atoms with Crippen LogP contribution in [0.3, 0.4) is 0 Å². The van der Waals surface area contributed by atoms with Gasteiger partial charge in [0.15, 0.2) is 0 Å². The summed E-state index contributed by atoms with van der Waals surface area (Å²) in [5, 5.41) is 4.27. The highest BCUT2D eigenvalue weighted by Gasteiger charge is 2.18. The summed E-state index contributed by atoms with van der Waals surface area (Å²) < 4.78 is 5.51. The first-order chi connectivity index (χ1) is 9.92. The van der Waals surface area contributed by atoms with Crippen LogP contribution in [0.1, 0.15) is 32.1 Å². The Hall–Kier alpha value is -1.62. The van der Waals surface area contributed by atoms with Gasteiger partial charge in [0, 0.05) is 44.6 Å². The molecule has 2 fully saturated rings. The molecule has 0 N–H and O–H groups in total. The van der Waals surface area contributed by atoms with E-state index in [1.807, 2.05) is 12.1 Å². The van der Waals surface area contributed by atoms with Crippen LogP contribution in [0.4, 0.5) is 5.82 Å². The maximum absolute atomic E-state index is 5.51. The third-order valence-electron chi connectivity index (χ3n) is 3.70. The van der Waals surface area contributed by atoms with Crippen LogP contribution in [0.5, 0.6) is 0 Å². The normalized spacial score (nSPS) is 23.5. The van der Waals surface area contributed by atoms with Gasteiger partial charge in [-0.1, -0.05) is 5.16 Å². The van der Waals surface area contributed by atoms with Gasteiger partial charge in [0.2, 0.25) is 6.29 Å². The molecule has 1 unspecified atom stereocenters. The number of aromatic nitrogens is 1. The predicted octanol–water partition coefficient (Wildman–Crippen LogP) is 2.38. The molecule has 0 aromatic carbocycles. The molecule has 1 aromatic heterocycles. The molecule has 0 spiro atoms. The fourth-order valence-corrected chi connectivity index (χ4v) is 2.51. The lowest BCUT2D eigenvalue weighted by Crippen LogP contribution is -2.34. The van der Waals surface area contributed by atoms with Crippen molar-refractivity contribution in [3.63, 3.8) is 0 Å². The van der Waals surface area contributed by atoms with E-state index in [0.29, 0.717) is 0 Å². The monoisotopic (exact) mass is 274 g/mol. The zero-order chi connectivity index (χ0) is 13.6. The number of anilines is 1. The summed E-state index contributed by atoms with van der Waals surface area (Å²) in [7, 11) is 0. The highest BCUT2D eigenvalue weighted by Crippen LogP contribution is 2.17. The van der Waals surface area contributed by atoms with Crippen LogP contribution in [0.2, 0.25) is 0 Å². The molecule has 0 saturated carbocycles. The van der Waals surface area contributed by atoms with Gasteiger partial charge >= 0.3 is 0 Å². The van der Waals surface area contributed by atoms with Gasteiger partial charge in [0.25, 0.3) is 0 Å². The van der Waals surface area contributed by atoms with Crippen LogP contribution >= 0.6 is 0 Å². The van der Waals surface area contributed by atoms with Gasteiger partial charge < -0.3 is 14.5 Å². The fourth-order valence-electron chi connectivity index (χ4n) is 2.51. The first-order valence-corrected chi connectivity index (χ1v) is 7.32. The zero-order valence-corrected chi connectivity index (χ0v) is 11.6. The van der Waals surface area contributed by atoms with Crippen LogP contribution in [0.15, 0.2) is 23.5 Å². The second kappa shape index (κ2) is 6.70. The molecule has 2 aliphatic rings. The summed E-state index contributed by atoms with van der Waals surface area (Å²) in [6.07, 6.45) is 6.67. The molecule has 0 amide bonds. The second-order valence-electron chi connectivity index (χ2n) is 5.16. The summed E-state index contributed by atoms with van der Waals surface area (Å²) in [4.78, 5) is 12.1. The van der Waals surface area contributed by atoms with Crippen LogP contribution < -0.4 is 4.90 Å². The molecular weight excluding hydrogens is 254 g/mol. The number of pyridine rings is 1. The number of ether oxygens (including phenoxy) is 1. The topological polar surface area (TPSA) is 47.0 Å². The minimum atomic E-state index is -0.138. The van der Waals surface area contributed by atoms with Crippen molar-refractivity contribution < 1.29 is 9.57 Å². The molecule has 0 bridgehead atoms. The Morgan fingerprint density at radius 3 is 2.95 bits per heavy atom. The molecule has 2 aliphatic heterocycles. The summed E-state index contributed by atoms with van der Waals surface area (Å²) in [5.41, 5.74) is 1.12. The number of piperidine rings is 1. The van der Waals surface area contributed by atoms with E-state index in [1.165, 1.54) is 6.42 Å². The van der Waals surface area contributed by atoms with E-state index in [4.69, 9.17) is 9.57 Å². The Bertz CT molecular complexity index is 434. The van der Waals surface area contributed by atoms with E-state index in [1.54, 1.807) is 6.20 Å². The predicted molar refractivity (Wildman–Crippen MR) is 76.6 cm³/mol. The van der Waals surface area contributed by atoms with E-state index in [9.17, 15) is 0 Å². The van der Waals surface area contributed by atoms with Crippen molar-refractivity contribution in [2.45, 2.75) is 38.4 Å². The molecule has 1 atom stereocenters. The third-order valence-corrected chi connectivity index (χ3v) is 3.70. The summed E-state index contributed by atoms with van der Waals surface area (Å²) >= 11 is 0. The van der Waals surface area contributed by atoms with Crippen molar-refractivity contribution in [2.75, 3.05) is 24.6 Å². The van der Waals surface area contributed by atoms with Crippen LogP contribution in [0.25, 0.3) is 0 Å². The first kappa shape index (κ1) is 13.4. The third kappa shape index (κ3) is 3.48. The van der Waals surface area contributed by atoms with Gasteiger partial charge in [0.05, 0.1) is 12.3 Å². The van der Waals surface area contributed by atoms with Crippen LogP contribution in [-0.4, -0.2) is 36.7 Å². The van der Waals surface area contributed by atoms with Crippen molar-refractivity contribution in [1.82, 2.24) is 4.98 Å². The van der Waals surface area contributed by atoms with Gasteiger partial charge in [-0.05, 0) is 25.0 Å². The largest absolute Gasteiger partial charge is 0.364 e. The van der Waals surface area contributed by atoms with Gasteiger partial charge in [-0.2, -0.15) is 0 Å². The minimum absolute atomic E-state index is 0.138. The van der Waals surface area contributed by atoms with Crippen LogP contribution in [-0.2, 0) is 9.57 Å².